The summed E-state index contributed by atoms with van der Waals surface area (Å²) in [4.78, 5) is 0. The van der Waals surface area contributed by atoms with Gasteiger partial charge in [0.05, 0.1) is 0 Å². The van der Waals surface area contributed by atoms with Crippen LogP contribution in [-0.2, 0) is 12.8 Å². The zero-order valence-corrected chi connectivity index (χ0v) is 12.0. The van der Waals surface area contributed by atoms with Gasteiger partial charge in [0, 0.05) is 6.42 Å². The van der Waals surface area contributed by atoms with Crippen LogP contribution in [0.5, 0.6) is 5.75 Å². The van der Waals surface area contributed by atoms with Crippen LogP contribution in [0.4, 0.5) is 4.39 Å². The Labute approximate surface area is 124 Å². The minimum Gasteiger partial charge on any atom is -0.490 e. The summed E-state index contributed by atoms with van der Waals surface area (Å²) in [5.74, 6) is 1.07. The van der Waals surface area contributed by atoms with Crippen molar-refractivity contribution in [1.82, 2.24) is 0 Å². The average molecular weight is 285 g/mol. The maximum atomic E-state index is 13.7. The van der Waals surface area contributed by atoms with Crippen molar-refractivity contribution in [1.29, 1.82) is 0 Å². The molecule has 0 saturated carbocycles. The maximum Gasteiger partial charge on any atom is 0.126 e. The van der Waals surface area contributed by atoms with Crippen LogP contribution in [0.1, 0.15) is 17.5 Å². The number of hydrogen-bond acceptors (Lipinski definition) is 2. The van der Waals surface area contributed by atoms with Crippen molar-refractivity contribution in [3.05, 3.63) is 65.5 Å². The van der Waals surface area contributed by atoms with E-state index in [1.54, 1.807) is 6.07 Å². The van der Waals surface area contributed by atoms with E-state index in [9.17, 15) is 4.39 Å². The number of nitrogens with two attached hydrogens (primary N) is 1. The first-order valence-electron chi connectivity index (χ1n) is 7.44. The van der Waals surface area contributed by atoms with Crippen LogP contribution in [0.3, 0.4) is 0 Å². The van der Waals surface area contributed by atoms with E-state index in [0.29, 0.717) is 13.0 Å². The molecule has 2 aromatic rings. The molecule has 0 aromatic heterocycles. The lowest BCUT2D eigenvalue weighted by Gasteiger charge is -2.19. The van der Waals surface area contributed by atoms with Crippen LogP contribution in [0.2, 0.25) is 0 Å². The Balaban J connectivity index is 1.63. The molecule has 2 atom stereocenters. The lowest BCUT2D eigenvalue weighted by atomic mass is 9.92. The van der Waals surface area contributed by atoms with E-state index in [1.807, 2.05) is 30.3 Å². The fraction of sp³-hybridized carbons (Fsp3) is 0.333. The first kappa shape index (κ1) is 14.1. The smallest absolute Gasteiger partial charge is 0.126 e. The Kier molecular flexibility index (Phi) is 4.20. The molecular formula is C18H20FNO. The highest BCUT2D eigenvalue weighted by molar-refractivity contribution is 5.37. The van der Waals surface area contributed by atoms with Gasteiger partial charge in [0.2, 0.25) is 0 Å². The van der Waals surface area contributed by atoms with Gasteiger partial charge in [0.15, 0.2) is 0 Å². The van der Waals surface area contributed by atoms with Crippen molar-refractivity contribution in [2.24, 2.45) is 11.7 Å². The molecule has 0 saturated heterocycles. The molecule has 0 aliphatic carbocycles. The van der Waals surface area contributed by atoms with E-state index in [2.05, 4.69) is 6.07 Å². The molecule has 3 heteroatoms. The zero-order chi connectivity index (χ0) is 14.7. The molecule has 2 N–H and O–H groups in total. The van der Waals surface area contributed by atoms with Crippen LogP contribution in [0.25, 0.3) is 0 Å². The largest absolute Gasteiger partial charge is 0.490 e. The van der Waals surface area contributed by atoms with Crippen LogP contribution in [0.15, 0.2) is 48.5 Å². The molecule has 3 rings (SSSR count). The first-order chi connectivity index (χ1) is 10.3. The Morgan fingerprint density at radius 3 is 2.67 bits per heavy atom. The van der Waals surface area contributed by atoms with Gasteiger partial charge in [0.1, 0.15) is 17.7 Å². The third-order valence-corrected chi connectivity index (χ3v) is 4.11. The summed E-state index contributed by atoms with van der Waals surface area (Å²) in [6.07, 6.45) is 2.60. The van der Waals surface area contributed by atoms with Gasteiger partial charge < -0.3 is 10.5 Å². The topological polar surface area (TPSA) is 35.2 Å². The SMILES string of the molecule is NCC(Cc1ccccc1F)CC1Cc2ccccc2O1. The molecule has 1 heterocycles. The highest BCUT2D eigenvalue weighted by Gasteiger charge is 2.25. The van der Waals surface area contributed by atoms with Gasteiger partial charge in [-0.3, -0.25) is 0 Å². The highest BCUT2D eigenvalue weighted by Crippen LogP contribution is 2.31. The summed E-state index contributed by atoms with van der Waals surface area (Å²) < 4.78 is 19.7. The monoisotopic (exact) mass is 285 g/mol. The van der Waals surface area contributed by atoms with E-state index >= 15 is 0 Å². The van der Waals surface area contributed by atoms with E-state index < -0.39 is 0 Å². The molecule has 1 aliphatic heterocycles. The Hall–Kier alpha value is -1.87. The molecule has 0 fully saturated rings. The van der Waals surface area contributed by atoms with Crippen molar-refractivity contribution in [3.8, 4) is 5.75 Å². The quantitative estimate of drug-likeness (QED) is 0.914. The normalized spacial score (nSPS) is 18.1. The number of benzene rings is 2. The molecule has 2 nitrogen and oxygen atoms in total. The molecule has 0 spiro atoms. The minimum atomic E-state index is -0.147. The molecule has 21 heavy (non-hydrogen) atoms. The van der Waals surface area contributed by atoms with Crippen LogP contribution in [0, 0.1) is 11.7 Å². The summed E-state index contributed by atoms with van der Waals surface area (Å²) in [6.45, 7) is 0.546. The summed E-state index contributed by atoms with van der Waals surface area (Å²) >= 11 is 0. The van der Waals surface area contributed by atoms with Gasteiger partial charge in [-0.05, 0) is 48.6 Å². The lowest BCUT2D eigenvalue weighted by Crippen LogP contribution is -2.25. The van der Waals surface area contributed by atoms with Crippen LogP contribution in [-0.4, -0.2) is 12.6 Å². The maximum absolute atomic E-state index is 13.7. The number of para-hydroxylation sites is 1. The van der Waals surface area contributed by atoms with E-state index in [-0.39, 0.29) is 17.8 Å². The van der Waals surface area contributed by atoms with Crippen LogP contribution < -0.4 is 10.5 Å². The molecule has 0 amide bonds. The Morgan fingerprint density at radius 2 is 1.90 bits per heavy atom. The summed E-state index contributed by atoms with van der Waals surface area (Å²) in [5.41, 5.74) is 7.87. The minimum absolute atomic E-state index is 0.147. The molecular weight excluding hydrogens is 265 g/mol. The number of rotatable bonds is 5. The predicted octanol–water partition coefficient (Wildman–Crippen LogP) is 3.34. The third-order valence-electron chi connectivity index (χ3n) is 4.11. The standard InChI is InChI=1S/C18H20FNO/c19-17-7-3-1-5-14(17)9-13(12-20)10-16-11-15-6-2-4-8-18(15)21-16/h1-8,13,16H,9-12,20H2. The van der Waals surface area contributed by atoms with Crippen LogP contribution >= 0.6 is 0 Å². The van der Waals surface area contributed by atoms with Gasteiger partial charge in [0.25, 0.3) is 0 Å². The number of fused-ring (bicyclic) bond motifs is 1. The number of ether oxygens (including phenoxy) is 1. The molecule has 110 valence electrons. The molecule has 2 aromatic carbocycles. The second-order valence-electron chi connectivity index (χ2n) is 5.68. The first-order valence-corrected chi connectivity index (χ1v) is 7.44. The lowest BCUT2D eigenvalue weighted by molar-refractivity contribution is 0.194. The van der Waals surface area contributed by atoms with Crippen molar-refractivity contribution in [2.75, 3.05) is 6.54 Å². The summed E-state index contributed by atoms with van der Waals surface area (Å²) in [5, 5.41) is 0. The Bertz CT molecular complexity index is 589. The van der Waals surface area contributed by atoms with Gasteiger partial charge in [-0.15, -0.1) is 0 Å². The third kappa shape index (κ3) is 3.24. The number of hydrogen-bond donors (Lipinski definition) is 1. The highest BCUT2D eigenvalue weighted by atomic mass is 19.1. The van der Waals surface area contributed by atoms with Crippen molar-refractivity contribution >= 4 is 0 Å². The van der Waals surface area contributed by atoms with E-state index in [4.69, 9.17) is 10.5 Å². The second-order valence-corrected chi connectivity index (χ2v) is 5.68. The molecule has 0 bridgehead atoms. The Morgan fingerprint density at radius 1 is 1.14 bits per heavy atom. The van der Waals surface area contributed by atoms with E-state index in [0.717, 1.165) is 24.2 Å². The van der Waals surface area contributed by atoms with Gasteiger partial charge in [-0.25, -0.2) is 4.39 Å². The van der Waals surface area contributed by atoms with Gasteiger partial charge in [-0.1, -0.05) is 36.4 Å². The van der Waals surface area contributed by atoms with Gasteiger partial charge in [-0.2, -0.15) is 0 Å². The molecule has 2 unspecified atom stereocenters. The average Bonchev–Trinajstić information content (AvgIpc) is 2.91. The van der Waals surface area contributed by atoms with Crippen molar-refractivity contribution < 1.29 is 9.13 Å². The summed E-state index contributed by atoms with van der Waals surface area (Å²) in [7, 11) is 0. The van der Waals surface area contributed by atoms with E-state index in [1.165, 1.54) is 11.6 Å². The fourth-order valence-electron chi connectivity index (χ4n) is 3.00. The van der Waals surface area contributed by atoms with Crippen molar-refractivity contribution in [3.63, 3.8) is 0 Å². The predicted molar refractivity (Wildman–Crippen MR) is 81.8 cm³/mol. The molecule has 1 aliphatic rings. The zero-order valence-electron chi connectivity index (χ0n) is 12.0. The second kappa shape index (κ2) is 6.27. The fourth-order valence-corrected chi connectivity index (χ4v) is 3.00. The van der Waals surface area contributed by atoms with Gasteiger partial charge >= 0.3 is 0 Å². The molecule has 0 radical (unpaired) electrons. The van der Waals surface area contributed by atoms with Crippen molar-refractivity contribution in [2.45, 2.75) is 25.4 Å². The summed E-state index contributed by atoms with van der Waals surface area (Å²) in [6, 6.07) is 15.0. The number of halogens is 1.